The van der Waals surface area contributed by atoms with Gasteiger partial charge in [0.05, 0.1) is 12.5 Å². The number of carboxylic acid groups (broad SMARTS) is 1. The third kappa shape index (κ3) is 7.97. The second kappa shape index (κ2) is 6.75. The van der Waals surface area contributed by atoms with E-state index >= 15 is 0 Å². The molecule has 0 aromatic heterocycles. The van der Waals surface area contributed by atoms with E-state index in [-0.39, 0.29) is 12.5 Å². The lowest BCUT2D eigenvalue weighted by Gasteiger charge is -2.19. The number of aliphatic carboxylic acids is 1. The Morgan fingerprint density at radius 1 is 1.50 bits per heavy atom. The Labute approximate surface area is 84.7 Å². The first kappa shape index (κ1) is 13.4. The van der Waals surface area contributed by atoms with Crippen molar-refractivity contribution in [1.82, 2.24) is 10.2 Å². The maximum atomic E-state index is 10.2. The zero-order valence-corrected chi connectivity index (χ0v) is 9.03. The van der Waals surface area contributed by atoms with Crippen LogP contribution >= 0.6 is 0 Å². The lowest BCUT2D eigenvalue weighted by Crippen LogP contribution is -2.40. The second-order valence-corrected chi connectivity index (χ2v) is 3.82. The Bertz CT molecular complexity index is 173. The average Bonchev–Trinajstić information content (AvgIpc) is 1.98. The van der Waals surface area contributed by atoms with Crippen LogP contribution < -0.4 is 5.32 Å². The monoisotopic (exact) mass is 204 g/mol. The third-order valence-corrected chi connectivity index (χ3v) is 1.75. The van der Waals surface area contributed by atoms with Gasteiger partial charge < -0.3 is 20.4 Å². The van der Waals surface area contributed by atoms with Crippen LogP contribution in [0.3, 0.4) is 0 Å². The molecule has 2 atom stereocenters. The van der Waals surface area contributed by atoms with Gasteiger partial charge in [-0.1, -0.05) is 0 Å². The van der Waals surface area contributed by atoms with E-state index in [1.165, 1.54) is 0 Å². The quantitative estimate of drug-likeness (QED) is 0.514. The van der Waals surface area contributed by atoms with Gasteiger partial charge in [-0.2, -0.15) is 0 Å². The van der Waals surface area contributed by atoms with Crippen LogP contribution in [0, 0.1) is 0 Å². The van der Waals surface area contributed by atoms with Gasteiger partial charge in [0.25, 0.3) is 0 Å². The number of carboxylic acids is 1. The largest absolute Gasteiger partial charge is 0.481 e. The van der Waals surface area contributed by atoms with Crippen molar-refractivity contribution < 1.29 is 15.0 Å². The van der Waals surface area contributed by atoms with Crippen molar-refractivity contribution in [2.24, 2.45) is 0 Å². The summed E-state index contributed by atoms with van der Waals surface area (Å²) in [5.41, 5.74) is 0. The molecule has 0 fully saturated rings. The van der Waals surface area contributed by atoms with Crippen molar-refractivity contribution in [2.45, 2.75) is 25.5 Å². The molecule has 0 rings (SSSR count). The molecule has 0 saturated heterocycles. The number of rotatable bonds is 7. The standard InChI is InChI=1S/C9H20N2O3/c1-7(6-11(2)3)10-5-8(12)4-9(13)14/h7-8,10,12H,4-6H2,1-3H3,(H,13,14). The summed E-state index contributed by atoms with van der Waals surface area (Å²) in [5.74, 6) is -0.973. The van der Waals surface area contributed by atoms with Gasteiger partial charge >= 0.3 is 5.97 Å². The van der Waals surface area contributed by atoms with Crippen molar-refractivity contribution in [3.8, 4) is 0 Å². The molecule has 84 valence electrons. The summed E-state index contributed by atoms with van der Waals surface area (Å²) in [7, 11) is 3.93. The fourth-order valence-corrected chi connectivity index (χ4v) is 1.22. The summed E-state index contributed by atoms with van der Waals surface area (Å²) < 4.78 is 0. The molecule has 2 unspecified atom stereocenters. The smallest absolute Gasteiger partial charge is 0.306 e. The van der Waals surface area contributed by atoms with Crippen LogP contribution in [0.15, 0.2) is 0 Å². The van der Waals surface area contributed by atoms with E-state index in [1.807, 2.05) is 25.9 Å². The van der Waals surface area contributed by atoms with Crippen molar-refractivity contribution >= 4 is 5.97 Å². The third-order valence-electron chi connectivity index (χ3n) is 1.75. The molecule has 0 aliphatic heterocycles. The maximum Gasteiger partial charge on any atom is 0.306 e. The zero-order valence-electron chi connectivity index (χ0n) is 9.03. The van der Waals surface area contributed by atoms with Gasteiger partial charge in [0.1, 0.15) is 0 Å². The van der Waals surface area contributed by atoms with Crippen molar-refractivity contribution in [3.63, 3.8) is 0 Å². The fourth-order valence-electron chi connectivity index (χ4n) is 1.22. The molecule has 0 aromatic rings. The maximum absolute atomic E-state index is 10.2. The Morgan fingerprint density at radius 2 is 2.07 bits per heavy atom. The summed E-state index contributed by atoms with van der Waals surface area (Å²) in [6.45, 7) is 3.18. The Kier molecular flexibility index (Phi) is 6.44. The highest BCUT2D eigenvalue weighted by Gasteiger charge is 2.10. The summed E-state index contributed by atoms with van der Waals surface area (Å²) >= 11 is 0. The molecule has 0 saturated carbocycles. The van der Waals surface area contributed by atoms with E-state index in [0.717, 1.165) is 6.54 Å². The lowest BCUT2D eigenvalue weighted by atomic mass is 10.2. The van der Waals surface area contributed by atoms with Gasteiger partial charge in [-0.3, -0.25) is 4.79 Å². The number of carbonyl (C=O) groups is 1. The highest BCUT2D eigenvalue weighted by atomic mass is 16.4. The predicted octanol–water partition coefficient (Wildman–Crippen LogP) is -0.638. The van der Waals surface area contributed by atoms with Gasteiger partial charge in [-0.15, -0.1) is 0 Å². The molecule has 14 heavy (non-hydrogen) atoms. The van der Waals surface area contributed by atoms with Gasteiger partial charge in [-0.05, 0) is 21.0 Å². The number of likely N-dealkylation sites (N-methyl/N-ethyl adjacent to an activating group) is 1. The van der Waals surface area contributed by atoms with E-state index in [4.69, 9.17) is 5.11 Å². The van der Waals surface area contributed by atoms with Gasteiger partial charge in [0.15, 0.2) is 0 Å². The number of hydrogen-bond donors (Lipinski definition) is 3. The predicted molar refractivity (Wildman–Crippen MR) is 54.3 cm³/mol. The molecule has 5 nitrogen and oxygen atoms in total. The van der Waals surface area contributed by atoms with Crippen LogP contribution in [0.5, 0.6) is 0 Å². The Morgan fingerprint density at radius 3 is 2.50 bits per heavy atom. The van der Waals surface area contributed by atoms with Gasteiger partial charge in [-0.25, -0.2) is 0 Å². The van der Waals surface area contributed by atoms with Gasteiger partial charge in [0, 0.05) is 19.1 Å². The summed E-state index contributed by atoms with van der Waals surface area (Å²) in [4.78, 5) is 12.3. The minimum absolute atomic E-state index is 0.207. The lowest BCUT2D eigenvalue weighted by molar-refractivity contribution is -0.139. The first-order valence-corrected chi connectivity index (χ1v) is 4.69. The molecule has 0 amide bonds. The molecule has 0 aromatic carbocycles. The van der Waals surface area contributed by atoms with E-state index in [2.05, 4.69) is 5.32 Å². The van der Waals surface area contributed by atoms with Gasteiger partial charge in [0.2, 0.25) is 0 Å². The van der Waals surface area contributed by atoms with Crippen molar-refractivity contribution in [1.29, 1.82) is 0 Å². The van der Waals surface area contributed by atoms with Crippen LogP contribution in [-0.4, -0.2) is 60.4 Å². The minimum atomic E-state index is -0.973. The molecule has 0 spiro atoms. The molecule has 0 aliphatic rings. The molecule has 0 bridgehead atoms. The van der Waals surface area contributed by atoms with Crippen LogP contribution in [0.2, 0.25) is 0 Å². The topological polar surface area (TPSA) is 72.8 Å². The van der Waals surface area contributed by atoms with Crippen molar-refractivity contribution in [2.75, 3.05) is 27.2 Å². The second-order valence-electron chi connectivity index (χ2n) is 3.82. The van der Waals surface area contributed by atoms with Crippen molar-refractivity contribution in [3.05, 3.63) is 0 Å². The fraction of sp³-hybridized carbons (Fsp3) is 0.889. The van der Waals surface area contributed by atoms with E-state index in [9.17, 15) is 9.90 Å². The normalized spacial score (nSPS) is 15.5. The average molecular weight is 204 g/mol. The summed E-state index contributed by atoms with van der Waals surface area (Å²) in [5, 5.41) is 20.7. The number of aliphatic hydroxyl groups is 1. The SMILES string of the molecule is CC(CN(C)C)NCC(O)CC(=O)O. The number of hydrogen-bond acceptors (Lipinski definition) is 4. The number of aliphatic hydroxyl groups excluding tert-OH is 1. The van der Waals surface area contributed by atoms with Crippen LogP contribution in [0.1, 0.15) is 13.3 Å². The molecule has 0 radical (unpaired) electrons. The molecule has 0 aliphatic carbocycles. The van der Waals surface area contributed by atoms with E-state index in [1.54, 1.807) is 0 Å². The van der Waals surface area contributed by atoms with Crippen LogP contribution in [0.25, 0.3) is 0 Å². The first-order valence-electron chi connectivity index (χ1n) is 4.69. The summed E-state index contributed by atoms with van der Waals surface area (Å²) in [6, 6.07) is 0.244. The molecule has 5 heteroatoms. The number of nitrogens with zero attached hydrogens (tertiary/aromatic N) is 1. The summed E-state index contributed by atoms with van der Waals surface area (Å²) in [6.07, 6.45) is -1.01. The van der Waals surface area contributed by atoms with Crippen LogP contribution in [-0.2, 0) is 4.79 Å². The van der Waals surface area contributed by atoms with E-state index in [0.29, 0.717) is 6.54 Å². The molecular formula is C9H20N2O3. The first-order chi connectivity index (χ1) is 6.41. The highest BCUT2D eigenvalue weighted by Crippen LogP contribution is 1.91. The highest BCUT2D eigenvalue weighted by molar-refractivity contribution is 5.67. The van der Waals surface area contributed by atoms with Crippen LogP contribution in [0.4, 0.5) is 0 Å². The molecular weight excluding hydrogens is 184 g/mol. The zero-order chi connectivity index (χ0) is 11.1. The van der Waals surface area contributed by atoms with E-state index < -0.39 is 12.1 Å². The molecule has 0 heterocycles. The molecule has 3 N–H and O–H groups in total. The Hall–Kier alpha value is -0.650. The minimum Gasteiger partial charge on any atom is -0.481 e. The number of nitrogens with one attached hydrogen (secondary N) is 1. The Balaban J connectivity index is 3.55.